The van der Waals surface area contributed by atoms with Gasteiger partial charge >= 0.3 is 5.97 Å². The summed E-state index contributed by atoms with van der Waals surface area (Å²) in [5.74, 6) is -0.897. The number of hydrogen-bond acceptors (Lipinski definition) is 5. The first-order valence-corrected chi connectivity index (χ1v) is 10.3. The molecule has 0 saturated heterocycles. The van der Waals surface area contributed by atoms with E-state index in [9.17, 15) is 18.0 Å². The molecule has 0 spiro atoms. The topological polar surface area (TPSA) is 85.7 Å². The van der Waals surface area contributed by atoms with Crippen LogP contribution in [0.3, 0.4) is 0 Å². The molecule has 146 valence electrons. The summed E-state index contributed by atoms with van der Waals surface area (Å²) >= 11 is 0. The van der Waals surface area contributed by atoms with Crippen LogP contribution in [0.4, 0.5) is 5.69 Å². The first-order chi connectivity index (χ1) is 12.6. The molecule has 0 atom stereocenters. The number of aromatic nitrogens is 1. The van der Waals surface area contributed by atoms with Gasteiger partial charge < -0.3 is 9.30 Å². The second-order valence-corrected chi connectivity index (χ2v) is 8.32. The van der Waals surface area contributed by atoms with Gasteiger partial charge in [-0.1, -0.05) is 0 Å². The number of hydrogen-bond donors (Lipinski definition) is 0. The first kappa shape index (κ1) is 20.7. The summed E-state index contributed by atoms with van der Waals surface area (Å²) in [6.07, 6.45) is 1.10. The summed E-state index contributed by atoms with van der Waals surface area (Å²) in [7, 11) is -1.94. The lowest BCUT2D eigenvalue weighted by atomic mass is 10.1. The van der Waals surface area contributed by atoms with Gasteiger partial charge in [-0.05, 0) is 51.1 Å². The van der Waals surface area contributed by atoms with Crippen LogP contribution < -0.4 is 4.31 Å². The lowest BCUT2D eigenvalue weighted by molar-refractivity contribution is 0.0474. The van der Waals surface area contributed by atoms with E-state index in [1.165, 1.54) is 31.3 Å². The molecule has 7 nitrogen and oxygen atoms in total. The number of sulfonamides is 1. The summed E-state index contributed by atoms with van der Waals surface area (Å²) < 4.78 is 31.3. The Kier molecular flexibility index (Phi) is 6.10. The van der Waals surface area contributed by atoms with Crippen molar-refractivity contribution in [2.45, 2.75) is 27.3 Å². The fourth-order valence-electron chi connectivity index (χ4n) is 2.84. The van der Waals surface area contributed by atoms with E-state index in [-0.39, 0.29) is 12.4 Å². The van der Waals surface area contributed by atoms with Gasteiger partial charge in [0.25, 0.3) is 0 Å². The zero-order valence-electron chi connectivity index (χ0n) is 16.1. The van der Waals surface area contributed by atoms with E-state index in [0.29, 0.717) is 16.8 Å². The smallest absolute Gasteiger partial charge is 0.340 e. The molecule has 0 aliphatic heterocycles. The third-order valence-electron chi connectivity index (χ3n) is 4.49. The number of anilines is 1. The Labute approximate surface area is 159 Å². The molecular formula is C19H24N2O5S. The summed E-state index contributed by atoms with van der Waals surface area (Å²) in [4.78, 5) is 24.5. The van der Waals surface area contributed by atoms with Crippen LogP contribution >= 0.6 is 0 Å². The average molecular weight is 392 g/mol. The molecule has 0 amide bonds. The minimum absolute atomic E-state index is 0.340. The molecule has 2 rings (SSSR count). The van der Waals surface area contributed by atoms with Crippen LogP contribution in [0, 0.1) is 13.8 Å². The van der Waals surface area contributed by atoms with Crippen molar-refractivity contribution in [3.63, 3.8) is 0 Å². The van der Waals surface area contributed by atoms with Crippen molar-refractivity contribution >= 4 is 27.5 Å². The van der Waals surface area contributed by atoms with Gasteiger partial charge in [0.1, 0.15) is 0 Å². The number of benzene rings is 1. The van der Waals surface area contributed by atoms with Crippen molar-refractivity contribution in [2.24, 2.45) is 0 Å². The van der Waals surface area contributed by atoms with Crippen LogP contribution in [0.25, 0.3) is 0 Å². The second kappa shape index (κ2) is 7.96. The second-order valence-electron chi connectivity index (χ2n) is 6.31. The Morgan fingerprint density at radius 3 is 2.22 bits per heavy atom. The molecule has 8 heteroatoms. The Balaban J connectivity index is 2.04. The van der Waals surface area contributed by atoms with Crippen LogP contribution in [-0.4, -0.2) is 44.6 Å². The van der Waals surface area contributed by atoms with Gasteiger partial charge in [-0.25, -0.2) is 13.2 Å². The minimum atomic E-state index is -3.37. The highest BCUT2D eigenvalue weighted by Gasteiger charge is 2.18. The number of esters is 1. The molecule has 27 heavy (non-hydrogen) atoms. The molecule has 0 unspecified atom stereocenters. The maximum Gasteiger partial charge on any atom is 0.340 e. The number of carbonyl (C=O) groups excluding carboxylic acids is 2. The molecule has 0 radical (unpaired) electrons. The van der Waals surface area contributed by atoms with Gasteiger partial charge in [0.15, 0.2) is 12.4 Å². The largest absolute Gasteiger partial charge is 0.454 e. The lowest BCUT2D eigenvalue weighted by Gasteiger charge is -2.16. The van der Waals surface area contributed by atoms with Crippen LogP contribution in [0.1, 0.15) is 39.0 Å². The molecule has 0 saturated carbocycles. The monoisotopic (exact) mass is 392 g/mol. The quantitative estimate of drug-likeness (QED) is 0.534. The Morgan fingerprint density at radius 1 is 1.15 bits per heavy atom. The van der Waals surface area contributed by atoms with Gasteiger partial charge in [0.05, 0.1) is 17.5 Å². The van der Waals surface area contributed by atoms with Gasteiger partial charge in [0.2, 0.25) is 10.0 Å². The van der Waals surface area contributed by atoms with E-state index in [1.54, 1.807) is 6.07 Å². The van der Waals surface area contributed by atoms with Gasteiger partial charge in [-0.2, -0.15) is 0 Å². The molecule has 0 aliphatic carbocycles. The van der Waals surface area contributed by atoms with Crippen molar-refractivity contribution < 1.29 is 22.7 Å². The number of rotatable bonds is 7. The molecule has 1 aromatic heterocycles. The van der Waals surface area contributed by atoms with E-state index in [2.05, 4.69) is 0 Å². The summed E-state index contributed by atoms with van der Waals surface area (Å²) in [6.45, 7) is 6.11. The summed E-state index contributed by atoms with van der Waals surface area (Å²) in [5.41, 5.74) is 3.00. The van der Waals surface area contributed by atoms with Crippen molar-refractivity contribution in [1.82, 2.24) is 4.57 Å². The maximum atomic E-state index is 12.3. The molecule has 0 bridgehead atoms. The van der Waals surface area contributed by atoms with E-state index in [0.717, 1.165) is 28.5 Å². The van der Waals surface area contributed by atoms with Crippen LogP contribution in [0.2, 0.25) is 0 Å². The Hall–Kier alpha value is -2.61. The first-order valence-electron chi connectivity index (χ1n) is 8.47. The van der Waals surface area contributed by atoms with E-state index >= 15 is 0 Å². The number of nitrogens with zero attached hydrogens (tertiary/aromatic N) is 2. The zero-order valence-corrected chi connectivity index (χ0v) is 17.0. The normalized spacial score (nSPS) is 11.3. The SMILES string of the molecule is CCn1c(C)cc(C(=O)OCC(=O)c2ccc(N(C)S(C)(=O)=O)cc2)c1C. The minimum Gasteiger partial charge on any atom is -0.454 e. The fourth-order valence-corrected chi connectivity index (χ4v) is 3.34. The summed E-state index contributed by atoms with van der Waals surface area (Å²) in [6, 6.07) is 7.84. The maximum absolute atomic E-state index is 12.3. The number of ether oxygens (including phenoxy) is 1. The Morgan fingerprint density at radius 2 is 1.74 bits per heavy atom. The highest BCUT2D eigenvalue weighted by Crippen LogP contribution is 2.18. The van der Waals surface area contributed by atoms with Crippen LogP contribution in [-0.2, 0) is 21.3 Å². The van der Waals surface area contributed by atoms with E-state index in [1.807, 2.05) is 25.3 Å². The fraction of sp³-hybridized carbons (Fsp3) is 0.368. The van der Waals surface area contributed by atoms with Gasteiger partial charge in [0, 0.05) is 30.5 Å². The Bertz CT molecular complexity index is 959. The highest BCUT2D eigenvalue weighted by molar-refractivity contribution is 7.92. The lowest BCUT2D eigenvalue weighted by Crippen LogP contribution is -2.24. The molecule has 0 N–H and O–H groups in total. The van der Waals surface area contributed by atoms with Crippen LogP contribution in [0.5, 0.6) is 0 Å². The summed E-state index contributed by atoms with van der Waals surface area (Å²) in [5, 5.41) is 0. The van der Waals surface area contributed by atoms with Crippen LogP contribution in [0.15, 0.2) is 30.3 Å². The van der Waals surface area contributed by atoms with Crippen molar-refractivity contribution in [3.05, 3.63) is 52.8 Å². The number of aryl methyl sites for hydroxylation is 1. The molecule has 1 aromatic carbocycles. The number of ketones is 1. The molecule has 0 fully saturated rings. The third-order valence-corrected chi connectivity index (χ3v) is 5.70. The van der Waals surface area contributed by atoms with E-state index in [4.69, 9.17) is 4.74 Å². The predicted molar refractivity (Wildman–Crippen MR) is 104 cm³/mol. The molecule has 1 heterocycles. The average Bonchev–Trinajstić information content (AvgIpc) is 2.91. The molecule has 2 aromatic rings. The number of Topliss-reactive ketones (excluding diaryl/α,β-unsaturated/α-hetero) is 1. The highest BCUT2D eigenvalue weighted by atomic mass is 32.2. The van der Waals surface area contributed by atoms with Crippen molar-refractivity contribution in [3.8, 4) is 0 Å². The molecule has 0 aliphatic rings. The van der Waals surface area contributed by atoms with Crippen molar-refractivity contribution in [2.75, 3.05) is 24.2 Å². The predicted octanol–water partition coefficient (Wildman–Crippen LogP) is 2.56. The number of carbonyl (C=O) groups is 2. The van der Waals surface area contributed by atoms with Crippen molar-refractivity contribution in [1.29, 1.82) is 0 Å². The standard InChI is InChI=1S/C19H24N2O5S/c1-6-21-13(2)11-17(14(21)3)19(23)26-12-18(22)15-7-9-16(10-8-15)20(4)27(5,24)25/h7-11H,6,12H2,1-5H3. The van der Waals surface area contributed by atoms with Gasteiger partial charge in [-0.15, -0.1) is 0 Å². The zero-order chi connectivity index (χ0) is 20.4. The van der Waals surface area contributed by atoms with Gasteiger partial charge in [-0.3, -0.25) is 9.10 Å². The third kappa shape index (κ3) is 4.57. The van der Waals surface area contributed by atoms with E-state index < -0.39 is 16.0 Å². The molecular weight excluding hydrogens is 368 g/mol.